The molecule has 1 aromatic carbocycles. The minimum Gasteiger partial charge on any atom is -0.387 e. The average molecular weight is 352 g/mol. The van der Waals surface area contributed by atoms with E-state index in [4.69, 9.17) is 0 Å². The Hall–Kier alpha value is -1.79. The number of benzene rings is 1. The number of hydrogen-bond donors (Lipinski definition) is 3. The first-order valence-electron chi connectivity index (χ1n) is 6.55. The molecule has 1 amide bonds. The first-order chi connectivity index (χ1) is 9.97. The van der Waals surface area contributed by atoms with E-state index < -0.39 is 6.10 Å². The van der Waals surface area contributed by atoms with Crippen molar-refractivity contribution in [1.29, 1.82) is 0 Å². The van der Waals surface area contributed by atoms with Crippen molar-refractivity contribution in [3.8, 4) is 0 Å². The number of halogens is 1. The first kappa shape index (κ1) is 15.6. The van der Waals surface area contributed by atoms with Crippen LogP contribution in [-0.2, 0) is 0 Å². The molecule has 21 heavy (non-hydrogen) atoms. The quantitative estimate of drug-likeness (QED) is 0.774. The van der Waals surface area contributed by atoms with Gasteiger partial charge in [0.1, 0.15) is 5.69 Å². The normalized spacial score (nSPS) is 12.0. The average Bonchev–Trinajstić information content (AvgIpc) is 2.91. The molecule has 0 saturated heterocycles. The fourth-order valence-corrected chi connectivity index (χ4v) is 2.24. The van der Waals surface area contributed by atoms with Gasteiger partial charge in [0.15, 0.2) is 0 Å². The number of hydrogen-bond acceptors (Lipinski definition) is 3. The molecular weight excluding hydrogens is 334 g/mol. The van der Waals surface area contributed by atoms with Crippen molar-refractivity contribution < 1.29 is 9.90 Å². The molecule has 0 radical (unpaired) electrons. The lowest BCUT2D eigenvalue weighted by Crippen LogP contribution is -2.28. The van der Waals surface area contributed by atoms with Gasteiger partial charge in [-0.1, -0.05) is 12.1 Å². The lowest BCUT2D eigenvalue weighted by molar-refractivity contribution is 0.0912. The van der Waals surface area contributed by atoms with Crippen molar-refractivity contribution in [2.45, 2.75) is 6.10 Å². The van der Waals surface area contributed by atoms with E-state index in [-0.39, 0.29) is 12.5 Å². The number of aromatic nitrogens is 1. The number of aliphatic hydroxyl groups excluding tert-OH is 1. The molecule has 1 unspecified atom stereocenters. The number of H-pyrrole nitrogens is 1. The minimum absolute atomic E-state index is 0.163. The standard InChI is InChI=1S/C15H18BrN3O2/c1-19(2)12-5-3-10(4-6-12)14(20)9-18-15(21)13-7-11(16)8-17-13/h3-8,14,17,20H,9H2,1-2H3,(H,18,21). The van der Waals surface area contributed by atoms with Gasteiger partial charge < -0.3 is 20.3 Å². The van der Waals surface area contributed by atoms with Crippen molar-refractivity contribution in [3.05, 3.63) is 52.3 Å². The van der Waals surface area contributed by atoms with E-state index in [1.165, 1.54) is 0 Å². The van der Waals surface area contributed by atoms with Crippen LogP contribution in [-0.4, -0.2) is 36.6 Å². The Kier molecular flexibility index (Phi) is 5.03. The van der Waals surface area contributed by atoms with Gasteiger partial charge in [-0.3, -0.25) is 4.79 Å². The molecule has 3 N–H and O–H groups in total. The second kappa shape index (κ2) is 6.78. The van der Waals surface area contributed by atoms with Gasteiger partial charge in [-0.25, -0.2) is 0 Å². The summed E-state index contributed by atoms with van der Waals surface area (Å²) in [5.74, 6) is -0.246. The molecule has 1 heterocycles. The Balaban J connectivity index is 1.92. The number of nitrogens with zero attached hydrogens (tertiary/aromatic N) is 1. The predicted octanol–water partition coefficient (Wildman–Crippen LogP) is 2.31. The van der Waals surface area contributed by atoms with E-state index in [1.807, 2.05) is 43.3 Å². The summed E-state index contributed by atoms with van der Waals surface area (Å²) < 4.78 is 0.812. The Labute approximate surface area is 132 Å². The van der Waals surface area contributed by atoms with Crippen LogP contribution in [0.3, 0.4) is 0 Å². The highest BCUT2D eigenvalue weighted by molar-refractivity contribution is 9.10. The van der Waals surface area contributed by atoms with E-state index >= 15 is 0 Å². The van der Waals surface area contributed by atoms with Gasteiger partial charge in [0, 0.05) is 37.0 Å². The molecule has 112 valence electrons. The minimum atomic E-state index is -0.733. The van der Waals surface area contributed by atoms with E-state index in [9.17, 15) is 9.90 Å². The molecule has 0 saturated carbocycles. The van der Waals surface area contributed by atoms with Crippen LogP contribution in [0, 0.1) is 0 Å². The van der Waals surface area contributed by atoms with Crippen LogP contribution < -0.4 is 10.2 Å². The van der Waals surface area contributed by atoms with Crippen LogP contribution in [0.2, 0.25) is 0 Å². The molecule has 6 heteroatoms. The van der Waals surface area contributed by atoms with E-state index in [0.29, 0.717) is 5.69 Å². The highest BCUT2D eigenvalue weighted by atomic mass is 79.9. The Morgan fingerprint density at radius 1 is 1.38 bits per heavy atom. The zero-order valence-electron chi connectivity index (χ0n) is 11.9. The molecule has 2 aromatic rings. The zero-order valence-corrected chi connectivity index (χ0v) is 13.5. The summed E-state index contributed by atoms with van der Waals surface area (Å²) >= 11 is 3.27. The molecule has 2 rings (SSSR count). The van der Waals surface area contributed by atoms with Gasteiger partial charge in [0.25, 0.3) is 5.91 Å². The number of rotatable bonds is 5. The van der Waals surface area contributed by atoms with Crippen molar-refractivity contribution in [1.82, 2.24) is 10.3 Å². The van der Waals surface area contributed by atoms with Crippen LogP contribution in [0.5, 0.6) is 0 Å². The molecule has 0 aliphatic rings. The lowest BCUT2D eigenvalue weighted by Gasteiger charge is -2.15. The fourth-order valence-electron chi connectivity index (χ4n) is 1.90. The molecule has 0 fully saturated rings. The van der Waals surface area contributed by atoms with Gasteiger partial charge >= 0.3 is 0 Å². The third-order valence-electron chi connectivity index (χ3n) is 3.14. The largest absolute Gasteiger partial charge is 0.387 e. The van der Waals surface area contributed by atoms with E-state index in [0.717, 1.165) is 15.7 Å². The summed E-state index contributed by atoms with van der Waals surface area (Å²) in [6.07, 6.45) is 0.953. The highest BCUT2D eigenvalue weighted by Crippen LogP contribution is 2.17. The van der Waals surface area contributed by atoms with Crippen LogP contribution >= 0.6 is 15.9 Å². The third-order valence-corrected chi connectivity index (χ3v) is 3.60. The summed E-state index contributed by atoms with van der Waals surface area (Å²) in [5, 5.41) is 12.8. The van der Waals surface area contributed by atoms with E-state index in [2.05, 4.69) is 26.2 Å². The van der Waals surface area contributed by atoms with Crippen LogP contribution in [0.1, 0.15) is 22.2 Å². The predicted molar refractivity (Wildman–Crippen MR) is 86.6 cm³/mol. The number of nitrogens with one attached hydrogen (secondary N) is 2. The van der Waals surface area contributed by atoms with Crippen molar-refractivity contribution in [2.75, 3.05) is 25.5 Å². The molecule has 0 bridgehead atoms. The summed E-state index contributed by atoms with van der Waals surface area (Å²) in [4.78, 5) is 16.7. The molecule has 5 nitrogen and oxygen atoms in total. The number of aliphatic hydroxyl groups is 1. The van der Waals surface area contributed by atoms with Gasteiger partial charge in [0.2, 0.25) is 0 Å². The van der Waals surface area contributed by atoms with Gasteiger partial charge in [-0.2, -0.15) is 0 Å². The molecular formula is C15H18BrN3O2. The first-order valence-corrected chi connectivity index (χ1v) is 7.34. The van der Waals surface area contributed by atoms with Crippen molar-refractivity contribution in [3.63, 3.8) is 0 Å². The Morgan fingerprint density at radius 2 is 2.05 bits per heavy atom. The molecule has 1 atom stereocenters. The Bertz CT molecular complexity index is 608. The zero-order chi connectivity index (χ0) is 15.4. The van der Waals surface area contributed by atoms with Crippen LogP contribution in [0.15, 0.2) is 41.0 Å². The Morgan fingerprint density at radius 3 is 2.57 bits per heavy atom. The van der Waals surface area contributed by atoms with Crippen LogP contribution in [0.25, 0.3) is 0 Å². The number of carbonyl (C=O) groups excluding carboxylic acids is 1. The molecule has 0 aliphatic heterocycles. The van der Waals surface area contributed by atoms with Crippen molar-refractivity contribution in [2.24, 2.45) is 0 Å². The van der Waals surface area contributed by atoms with Gasteiger partial charge in [0.05, 0.1) is 6.10 Å². The maximum absolute atomic E-state index is 11.9. The van der Waals surface area contributed by atoms with Crippen LogP contribution in [0.4, 0.5) is 5.69 Å². The number of anilines is 1. The molecule has 0 aliphatic carbocycles. The van der Waals surface area contributed by atoms with Gasteiger partial charge in [-0.15, -0.1) is 0 Å². The number of amides is 1. The second-order valence-electron chi connectivity index (χ2n) is 4.94. The fraction of sp³-hybridized carbons (Fsp3) is 0.267. The SMILES string of the molecule is CN(C)c1ccc(C(O)CNC(=O)c2cc(Br)c[nH]2)cc1. The third kappa shape index (κ3) is 4.09. The molecule has 0 spiro atoms. The maximum Gasteiger partial charge on any atom is 0.267 e. The lowest BCUT2D eigenvalue weighted by atomic mass is 10.1. The topological polar surface area (TPSA) is 68.4 Å². The van der Waals surface area contributed by atoms with Gasteiger partial charge in [-0.05, 0) is 39.7 Å². The highest BCUT2D eigenvalue weighted by Gasteiger charge is 2.12. The molecule has 1 aromatic heterocycles. The summed E-state index contributed by atoms with van der Waals surface area (Å²) in [7, 11) is 3.92. The smallest absolute Gasteiger partial charge is 0.267 e. The van der Waals surface area contributed by atoms with Crippen molar-refractivity contribution >= 4 is 27.5 Å². The summed E-state index contributed by atoms with van der Waals surface area (Å²) in [5.41, 5.74) is 2.29. The maximum atomic E-state index is 11.9. The summed E-state index contributed by atoms with van der Waals surface area (Å²) in [6.45, 7) is 0.163. The second-order valence-corrected chi connectivity index (χ2v) is 5.86. The van der Waals surface area contributed by atoms with E-state index in [1.54, 1.807) is 12.3 Å². The monoisotopic (exact) mass is 351 g/mol. The summed E-state index contributed by atoms with van der Waals surface area (Å²) in [6, 6.07) is 9.27. The number of aromatic amines is 1. The number of carbonyl (C=O) groups is 1.